The Bertz CT molecular complexity index is 660. The van der Waals surface area contributed by atoms with Crippen molar-refractivity contribution < 1.29 is 18.1 Å². The Morgan fingerprint density at radius 2 is 1.71 bits per heavy atom. The quantitative estimate of drug-likeness (QED) is 0.792. The third-order valence-electron chi connectivity index (χ3n) is 4.25. The van der Waals surface area contributed by atoms with E-state index in [1.807, 2.05) is 27.7 Å². The normalized spacial score (nSPS) is 19.0. The summed E-state index contributed by atoms with van der Waals surface area (Å²) in [5.74, 6) is 0.0110. The average Bonchev–Trinajstić information content (AvgIpc) is 2.53. The zero-order valence-electron chi connectivity index (χ0n) is 14.9. The van der Waals surface area contributed by atoms with Crippen molar-refractivity contribution in [3.05, 3.63) is 30.3 Å². The standard InChI is InChI=1S/C17H27N3O3S/c1-14(16(21)18-17(2,3)4)19-10-12-20(13-11-19)24(22,23)15-8-6-5-7-9-15/h5-9,14H,10-13H2,1-4H3,(H,18,21)/p+1/t14-/m1/s1. The van der Waals surface area contributed by atoms with Gasteiger partial charge in [-0.2, -0.15) is 4.31 Å². The van der Waals surface area contributed by atoms with E-state index in [0.29, 0.717) is 31.1 Å². The summed E-state index contributed by atoms with van der Waals surface area (Å²) < 4.78 is 26.8. The lowest BCUT2D eigenvalue weighted by Crippen LogP contribution is -3.19. The van der Waals surface area contributed by atoms with Crippen LogP contribution in [0.15, 0.2) is 35.2 Å². The SMILES string of the molecule is C[C@H](C(=O)NC(C)(C)C)[NH+]1CCN(S(=O)(=O)c2ccccc2)CC1. The van der Waals surface area contributed by atoms with Crippen molar-refractivity contribution in [2.75, 3.05) is 26.2 Å². The number of sulfonamides is 1. The van der Waals surface area contributed by atoms with Crippen molar-refractivity contribution in [2.45, 2.75) is 44.2 Å². The first-order chi connectivity index (χ1) is 11.1. The minimum absolute atomic E-state index is 0.0110. The average molecular weight is 354 g/mol. The van der Waals surface area contributed by atoms with Gasteiger partial charge in [0.2, 0.25) is 10.0 Å². The van der Waals surface area contributed by atoms with E-state index in [1.54, 1.807) is 30.3 Å². The van der Waals surface area contributed by atoms with Gasteiger partial charge in [-0.15, -0.1) is 0 Å². The van der Waals surface area contributed by atoms with Gasteiger partial charge in [-0.3, -0.25) is 4.79 Å². The number of nitrogens with one attached hydrogen (secondary N) is 2. The molecule has 1 saturated heterocycles. The zero-order valence-corrected chi connectivity index (χ0v) is 15.7. The summed E-state index contributed by atoms with van der Waals surface area (Å²) in [6.45, 7) is 9.89. The monoisotopic (exact) mass is 354 g/mol. The highest BCUT2D eigenvalue weighted by Crippen LogP contribution is 2.14. The molecule has 1 aromatic rings. The molecule has 1 aliphatic rings. The lowest BCUT2D eigenvalue weighted by atomic mass is 10.1. The first kappa shape index (κ1) is 18.9. The van der Waals surface area contributed by atoms with E-state index >= 15 is 0 Å². The molecule has 2 rings (SSSR count). The molecule has 1 heterocycles. The molecule has 24 heavy (non-hydrogen) atoms. The number of hydrogen-bond acceptors (Lipinski definition) is 3. The van der Waals surface area contributed by atoms with Gasteiger partial charge in [0.05, 0.1) is 31.1 Å². The molecule has 0 radical (unpaired) electrons. The largest absolute Gasteiger partial charge is 0.346 e. The second kappa shape index (κ2) is 7.21. The molecule has 0 bridgehead atoms. The van der Waals surface area contributed by atoms with Crippen LogP contribution in [0.25, 0.3) is 0 Å². The fourth-order valence-corrected chi connectivity index (χ4v) is 4.31. The van der Waals surface area contributed by atoms with Gasteiger partial charge in [0.25, 0.3) is 5.91 Å². The van der Waals surface area contributed by atoms with Crippen LogP contribution in [-0.4, -0.2) is 56.4 Å². The highest BCUT2D eigenvalue weighted by atomic mass is 32.2. The minimum Gasteiger partial charge on any atom is -0.346 e. The molecule has 0 aliphatic carbocycles. The van der Waals surface area contributed by atoms with Gasteiger partial charge >= 0.3 is 0 Å². The van der Waals surface area contributed by atoms with Crippen LogP contribution < -0.4 is 10.2 Å². The van der Waals surface area contributed by atoms with Gasteiger partial charge < -0.3 is 10.2 Å². The number of nitrogens with zero attached hydrogens (tertiary/aromatic N) is 1. The van der Waals surface area contributed by atoms with Crippen LogP contribution in [0, 0.1) is 0 Å². The molecule has 1 aromatic carbocycles. The summed E-state index contributed by atoms with van der Waals surface area (Å²) in [4.78, 5) is 13.7. The number of piperazine rings is 1. The Morgan fingerprint density at radius 3 is 2.21 bits per heavy atom. The Morgan fingerprint density at radius 1 is 1.17 bits per heavy atom. The Kier molecular flexibility index (Phi) is 5.67. The smallest absolute Gasteiger partial charge is 0.278 e. The van der Waals surface area contributed by atoms with Gasteiger partial charge in [0.1, 0.15) is 0 Å². The van der Waals surface area contributed by atoms with Crippen LogP contribution in [0.4, 0.5) is 0 Å². The molecule has 2 N–H and O–H groups in total. The van der Waals surface area contributed by atoms with E-state index in [-0.39, 0.29) is 17.5 Å². The van der Waals surface area contributed by atoms with Crippen LogP contribution in [0.5, 0.6) is 0 Å². The Labute approximate surface area is 144 Å². The fourth-order valence-electron chi connectivity index (χ4n) is 2.85. The van der Waals surface area contributed by atoms with E-state index < -0.39 is 10.0 Å². The van der Waals surface area contributed by atoms with Crippen molar-refractivity contribution in [2.24, 2.45) is 0 Å². The van der Waals surface area contributed by atoms with E-state index in [2.05, 4.69) is 5.32 Å². The zero-order chi connectivity index (χ0) is 18.0. The molecule has 7 heteroatoms. The highest BCUT2D eigenvalue weighted by molar-refractivity contribution is 7.89. The molecule has 1 amide bonds. The Hall–Kier alpha value is -1.44. The summed E-state index contributed by atoms with van der Waals surface area (Å²) in [6.07, 6.45) is 0. The number of carbonyl (C=O) groups excluding carboxylic acids is 1. The molecule has 134 valence electrons. The van der Waals surface area contributed by atoms with Gasteiger partial charge in [-0.1, -0.05) is 18.2 Å². The molecule has 1 fully saturated rings. The summed E-state index contributed by atoms with van der Waals surface area (Å²) in [7, 11) is -3.44. The number of quaternary nitrogens is 1. The maximum Gasteiger partial charge on any atom is 0.278 e. The van der Waals surface area contributed by atoms with Gasteiger partial charge in [-0.25, -0.2) is 8.42 Å². The van der Waals surface area contributed by atoms with Crippen molar-refractivity contribution >= 4 is 15.9 Å². The number of carbonyl (C=O) groups is 1. The van der Waals surface area contributed by atoms with Crippen molar-refractivity contribution in [3.63, 3.8) is 0 Å². The molecule has 0 aromatic heterocycles. The van der Waals surface area contributed by atoms with Crippen LogP contribution >= 0.6 is 0 Å². The number of hydrogen-bond donors (Lipinski definition) is 2. The number of benzene rings is 1. The summed E-state index contributed by atoms with van der Waals surface area (Å²) in [5.41, 5.74) is -0.261. The second-order valence-corrected chi connectivity index (χ2v) is 9.27. The number of amides is 1. The Balaban J connectivity index is 1.97. The van der Waals surface area contributed by atoms with Crippen LogP contribution in [0.2, 0.25) is 0 Å². The maximum atomic E-state index is 12.6. The molecular weight excluding hydrogens is 326 g/mol. The molecular formula is C17H28N3O3S+. The first-order valence-electron chi connectivity index (χ1n) is 8.33. The first-order valence-corrected chi connectivity index (χ1v) is 9.77. The summed E-state index contributed by atoms with van der Waals surface area (Å²) in [6, 6.07) is 8.31. The topological polar surface area (TPSA) is 70.9 Å². The van der Waals surface area contributed by atoms with Crippen LogP contribution in [0.3, 0.4) is 0 Å². The molecule has 6 nitrogen and oxygen atoms in total. The highest BCUT2D eigenvalue weighted by Gasteiger charge is 2.35. The van der Waals surface area contributed by atoms with Crippen LogP contribution in [-0.2, 0) is 14.8 Å². The minimum atomic E-state index is -3.44. The molecule has 0 spiro atoms. The molecule has 0 saturated carbocycles. The lowest BCUT2D eigenvalue weighted by Gasteiger charge is -2.35. The lowest BCUT2D eigenvalue weighted by molar-refractivity contribution is -0.917. The fraction of sp³-hybridized carbons (Fsp3) is 0.588. The van der Waals surface area contributed by atoms with Crippen molar-refractivity contribution in [1.29, 1.82) is 0 Å². The maximum absolute atomic E-state index is 12.6. The van der Waals surface area contributed by atoms with E-state index in [9.17, 15) is 13.2 Å². The van der Waals surface area contributed by atoms with E-state index in [4.69, 9.17) is 0 Å². The van der Waals surface area contributed by atoms with Gasteiger partial charge in [0, 0.05) is 5.54 Å². The second-order valence-electron chi connectivity index (χ2n) is 7.34. The predicted molar refractivity (Wildman–Crippen MR) is 93.3 cm³/mol. The van der Waals surface area contributed by atoms with Crippen molar-refractivity contribution in [3.8, 4) is 0 Å². The van der Waals surface area contributed by atoms with Crippen molar-refractivity contribution in [1.82, 2.24) is 9.62 Å². The van der Waals surface area contributed by atoms with E-state index in [0.717, 1.165) is 4.90 Å². The van der Waals surface area contributed by atoms with Gasteiger partial charge in [0.15, 0.2) is 6.04 Å². The molecule has 0 unspecified atom stereocenters. The summed E-state index contributed by atoms with van der Waals surface area (Å²) in [5, 5.41) is 2.99. The third-order valence-corrected chi connectivity index (χ3v) is 6.16. The van der Waals surface area contributed by atoms with Gasteiger partial charge in [-0.05, 0) is 39.8 Å². The molecule has 1 atom stereocenters. The third kappa shape index (κ3) is 4.55. The number of rotatable bonds is 4. The van der Waals surface area contributed by atoms with E-state index in [1.165, 1.54) is 4.31 Å². The predicted octanol–water partition coefficient (Wildman–Crippen LogP) is -0.121. The molecule has 1 aliphatic heterocycles. The summed E-state index contributed by atoms with van der Waals surface area (Å²) >= 11 is 0. The van der Waals surface area contributed by atoms with Crippen LogP contribution in [0.1, 0.15) is 27.7 Å².